The summed E-state index contributed by atoms with van der Waals surface area (Å²) in [6, 6.07) is 12.7. The Morgan fingerprint density at radius 2 is 1.82 bits per heavy atom. The molecule has 0 aliphatic carbocycles. The number of hydrogen-bond donors (Lipinski definition) is 2. The Bertz CT molecular complexity index is 1750. The van der Waals surface area contributed by atoms with Gasteiger partial charge in [-0.15, -0.1) is 9.89 Å². The van der Waals surface area contributed by atoms with Crippen molar-refractivity contribution in [3.05, 3.63) is 53.9 Å². The van der Waals surface area contributed by atoms with E-state index in [4.69, 9.17) is 20.8 Å². The molecule has 0 fully saturated rings. The Hall–Kier alpha value is -4.43. The molecule has 4 rings (SSSR count). The number of aliphatic imine (C=N–C) groups is 1. The predicted molar refractivity (Wildman–Crippen MR) is 176 cm³/mol. The highest BCUT2D eigenvalue weighted by molar-refractivity contribution is 7.91. The van der Waals surface area contributed by atoms with Gasteiger partial charge in [0.1, 0.15) is 11.1 Å². The quantitative estimate of drug-likeness (QED) is 0.298. The monoisotopic (exact) mass is 636 g/mol. The number of esters is 1. The highest BCUT2D eigenvalue weighted by atomic mass is 32.2. The average molecular weight is 637 g/mol. The van der Waals surface area contributed by atoms with Gasteiger partial charge in [-0.05, 0) is 61.9 Å². The minimum atomic E-state index is -3.40. The average Bonchev–Trinajstić information content (AvgIpc) is 3.54. The zero-order chi connectivity index (χ0) is 33.1. The fourth-order valence-electron chi connectivity index (χ4n) is 4.89. The summed E-state index contributed by atoms with van der Waals surface area (Å²) in [6.45, 7) is 10.4. The van der Waals surface area contributed by atoms with Crippen molar-refractivity contribution >= 4 is 50.2 Å². The van der Waals surface area contributed by atoms with Gasteiger partial charge in [-0.1, -0.05) is 20.8 Å². The van der Waals surface area contributed by atoms with Gasteiger partial charge < -0.3 is 20.7 Å². The number of sulfone groups is 1. The molecule has 2 heterocycles. The van der Waals surface area contributed by atoms with Crippen molar-refractivity contribution in [2.75, 3.05) is 36.7 Å². The lowest BCUT2D eigenvalue weighted by atomic mass is 9.87. The van der Waals surface area contributed by atoms with Crippen molar-refractivity contribution in [1.29, 1.82) is 0 Å². The van der Waals surface area contributed by atoms with Crippen LogP contribution in [0.5, 0.6) is 0 Å². The number of amides is 1. The van der Waals surface area contributed by atoms with E-state index >= 15 is 0 Å². The molecule has 2 aromatic carbocycles. The van der Waals surface area contributed by atoms with Gasteiger partial charge >= 0.3 is 5.97 Å². The molecule has 45 heavy (non-hydrogen) atoms. The van der Waals surface area contributed by atoms with Gasteiger partial charge in [-0.3, -0.25) is 9.59 Å². The molecule has 1 aliphatic rings. The van der Waals surface area contributed by atoms with Crippen LogP contribution in [0.4, 0.5) is 17.1 Å². The fraction of sp³-hybridized carbons (Fsp3) is 0.419. The molecule has 0 saturated heterocycles. The first-order chi connectivity index (χ1) is 21.2. The smallest absolute Gasteiger partial charge is 0.306 e. The second kappa shape index (κ2) is 13.3. The number of hydrogen-bond acceptors (Lipinski definition) is 11. The first kappa shape index (κ1) is 33.5. The number of nitrogens with two attached hydrogens (primary N) is 1. The highest BCUT2D eigenvalue weighted by Gasteiger charge is 2.35. The molecule has 1 unspecified atom stereocenters. The summed E-state index contributed by atoms with van der Waals surface area (Å²) in [4.78, 5) is 36.5. The second-order valence-corrected chi connectivity index (χ2v) is 14.0. The van der Waals surface area contributed by atoms with Crippen LogP contribution in [0.25, 0.3) is 11.4 Å². The van der Waals surface area contributed by atoms with E-state index in [1.165, 1.54) is 18.2 Å². The minimum absolute atomic E-state index is 0.00426. The number of rotatable bonds is 11. The Morgan fingerprint density at radius 1 is 1.13 bits per heavy atom. The molecule has 13 nitrogen and oxygen atoms in total. The minimum Gasteiger partial charge on any atom is -0.469 e. The van der Waals surface area contributed by atoms with Crippen LogP contribution in [-0.2, 0) is 24.2 Å². The number of carbonyl (C=O) groups is 2. The molecular weight excluding hydrogens is 596 g/mol. The molecule has 1 aliphatic heterocycles. The van der Waals surface area contributed by atoms with Crippen molar-refractivity contribution in [2.45, 2.75) is 52.8 Å². The van der Waals surface area contributed by atoms with E-state index in [9.17, 15) is 18.0 Å². The van der Waals surface area contributed by atoms with Crippen molar-refractivity contribution in [2.24, 2.45) is 21.2 Å². The molecule has 1 aromatic heterocycles. The SMILES string of the molecule is CCN(c1ccc(/N=C2/C(C(C)(C)C)=Nn3nc(-c4ccc(NC(=O)CCC(=O)OC)cc4)nc32)c(C)c1)C(CN)S(C)(=O)=O. The number of aromatic nitrogens is 3. The summed E-state index contributed by atoms with van der Waals surface area (Å²) in [5.74, 6) is 0.198. The maximum absolute atomic E-state index is 12.4. The normalized spacial score (nSPS) is 14.6. The molecule has 14 heteroatoms. The van der Waals surface area contributed by atoms with E-state index < -0.39 is 21.2 Å². The van der Waals surface area contributed by atoms with Crippen LogP contribution in [0.1, 0.15) is 51.9 Å². The molecular formula is C31H40N8O5S. The number of benzene rings is 2. The van der Waals surface area contributed by atoms with Crippen LogP contribution in [-0.4, -0.2) is 78.4 Å². The van der Waals surface area contributed by atoms with E-state index in [0.29, 0.717) is 35.3 Å². The summed E-state index contributed by atoms with van der Waals surface area (Å²) in [7, 11) is -2.12. The molecule has 0 saturated carbocycles. The Labute approximate surface area is 263 Å². The zero-order valence-electron chi connectivity index (χ0n) is 26.7. The predicted octanol–water partition coefficient (Wildman–Crippen LogP) is 3.69. The number of anilines is 2. The van der Waals surface area contributed by atoms with E-state index in [2.05, 4.69) is 15.2 Å². The Balaban J connectivity index is 1.63. The number of nitrogens with zero attached hydrogens (tertiary/aromatic N) is 6. The third-order valence-corrected chi connectivity index (χ3v) is 8.71. The third kappa shape index (κ3) is 7.63. The maximum Gasteiger partial charge on any atom is 0.306 e. The van der Waals surface area contributed by atoms with Crippen LogP contribution in [0.15, 0.2) is 52.6 Å². The highest BCUT2D eigenvalue weighted by Crippen LogP contribution is 2.31. The van der Waals surface area contributed by atoms with Gasteiger partial charge in [0, 0.05) is 48.1 Å². The first-order valence-electron chi connectivity index (χ1n) is 14.6. The molecule has 1 amide bonds. The van der Waals surface area contributed by atoms with Crippen LogP contribution in [0, 0.1) is 12.3 Å². The van der Waals surface area contributed by atoms with E-state index in [1.54, 1.807) is 29.2 Å². The first-order valence-corrected chi connectivity index (χ1v) is 16.5. The van der Waals surface area contributed by atoms with Crippen LogP contribution >= 0.6 is 0 Å². The van der Waals surface area contributed by atoms with Crippen molar-refractivity contribution in [3.63, 3.8) is 0 Å². The number of nitrogens with one attached hydrogen (secondary N) is 1. The lowest BCUT2D eigenvalue weighted by molar-refractivity contribution is -0.141. The van der Waals surface area contributed by atoms with E-state index in [-0.39, 0.29) is 30.7 Å². The van der Waals surface area contributed by atoms with Gasteiger partial charge in [0.2, 0.25) is 11.7 Å². The lowest BCUT2D eigenvalue weighted by Crippen LogP contribution is -2.45. The van der Waals surface area contributed by atoms with Gasteiger partial charge in [0.15, 0.2) is 15.7 Å². The van der Waals surface area contributed by atoms with E-state index in [0.717, 1.165) is 22.5 Å². The standard InChI is InChI=1S/C31H40N8O5S/c1-8-38(25(18-32)45(7,42)43)22-13-14-23(19(2)17-22)34-27-28(31(3,4)5)36-39-30(27)35-29(37-39)20-9-11-21(12-10-20)33-24(40)15-16-26(41)44-6/h9-14,17,25H,8,15-16,18,32H2,1-7H3,(H,33,40)/b34-27-. The molecule has 1 atom stereocenters. The Morgan fingerprint density at radius 3 is 2.38 bits per heavy atom. The van der Waals surface area contributed by atoms with Crippen molar-refractivity contribution in [1.82, 2.24) is 14.9 Å². The summed E-state index contributed by atoms with van der Waals surface area (Å²) in [5.41, 5.74) is 10.4. The topological polar surface area (TPSA) is 174 Å². The second-order valence-electron chi connectivity index (χ2n) is 11.8. The number of methoxy groups -OCH3 is 1. The molecule has 3 N–H and O–H groups in total. The maximum atomic E-state index is 12.4. The fourth-order valence-corrected chi connectivity index (χ4v) is 5.98. The lowest BCUT2D eigenvalue weighted by Gasteiger charge is -2.31. The van der Waals surface area contributed by atoms with Crippen LogP contribution in [0.3, 0.4) is 0 Å². The third-order valence-electron chi connectivity index (χ3n) is 7.27. The summed E-state index contributed by atoms with van der Waals surface area (Å²) in [6.07, 6.45) is 1.22. The number of likely N-dealkylation sites (N-methyl/N-ethyl adjacent to an activating group) is 1. The molecule has 0 bridgehead atoms. The number of aryl methyl sites for hydroxylation is 1. The molecule has 0 spiro atoms. The molecule has 3 aromatic rings. The number of ether oxygens (including phenoxy) is 1. The largest absolute Gasteiger partial charge is 0.469 e. The summed E-state index contributed by atoms with van der Waals surface area (Å²) >= 11 is 0. The number of carbonyl (C=O) groups excluding carboxylic acids is 2. The molecule has 0 radical (unpaired) electrons. The number of fused-ring (bicyclic) bond motifs is 1. The van der Waals surface area contributed by atoms with Gasteiger partial charge in [-0.25, -0.2) is 18.4 Å². The summed E-state index contributed by atoms with van der Waals surface area (Å²) < 4.78 is 29.3. The van der Waals surface area contributed by atoms with Crippen LogP contribution in [0.2, 0.25) is 0 Å². The summed E-state index contributed by atoms with van der Waals surface area (Å²) in [5, 5.41) is 11.3. The van der Waals surface area contributed by atoms with Crippen molar-refractivity contribution < 1.29 is 22.7 Å². The van der Waals surface area contributed by atoms with E-state index in [1.807, 2.05) is 52.8 Å². The molecule has 240 valence electrons. The Kier molecular flexibility index (Phi) is 9.88. The van der Waals surface area contributed by atoms with Crippen LogP contribution < -0.4 is 16.0 Å². The van der Waals surface area contributed by atoms with Gasteiger partial charge in [-0.2, -0.15) is 5.10 Å². The van der Waals surface area contributed by atoms with Gasteiger partial charge in [0.05, 0.1) is 24.9 Å². The van der Waals surface area contributed by atoms with Crippen molar-refractivity contribution in [3.8, 4) is 11.4 Å². The zero-order valence-corrected chi connectivity index (χ0v) is 27.5. The van der Waals surface area contributed by atoms with Gasteiger partial charge in [0.25, 0.3) is 0 Å².